The van der Waals surface area contributed by atoms with Crippen molar-refractivity contribution in [3.05, 3.63) is 0 Å². The highest BCUT2D eigenvalue weighted by Gasteiger charge is 2.28. The first-order valence-electron chi connectivity index (χ1n) is 8.53. The molecule has 0 bridgehead atoms. The van der Waals surface area contributed by atoms with E-state index in [9.17, 15) is 4.79 Å². The maximum Gasteiger partial charge on any atom is 0.410 e. The van der Waals surface area contributed by atoms with Crippen LogP contribution in [0.4, 0.5) is 4.79 Å². The SMILES string of the molecule is CCC(C)(CCO)NCC1CCN(C(=O)OC(C)(C)C)CC1. The van der Waals surface area contributed by atoms with E-state index in [1.807, 2.05) is 25.7 Å². The third-order valence-electron chi connectivity index (χ3n) is 4.53. The normalized spacial score (nSPS) is 19.8. The number of aliphatic hydroxyl groups is 1. The number of amides is 1. The molecule has 0 aromatic heterocycles. The molecule has 1 saturated heterocycles. The lowest BCUT2D eigenvalue weighted by Crippen LogP contribution is -2.48. The van der Waals surface area contributed by atoms with Crippen molar-refractivity contribution in [2.45, 2.75) is 71.4 Å². The maximum atomic E-state index is 12.0. The van der Waals surface area contributed by atoms with Crippen LogP contribution in [-0.2, 0) is 4.74 Å². The Morgan fingerprint density at radius 3 is 2.32 bits per heavy atom. The lowest BCUT2D eigenvalue weighted by molar-refractivity contribution is 0.0180. The molecule has 0 radical (unpaired) electrons. The molecule has 1 atom stereocenters. The van der Waals surface area contributed by atoms with Crippen LogP contribution in [0, 0.1) is 5.92 Å². The molecule has 1 heterocycles. The van der Waals surface area contributed by atoms with Gasteiger partial charge < -0.3 is 20.1 Å². The summed E-state index contributed by atoms with van der Waals surface area (Å²) in [5, 5.41) is 12.8. The monoisotopic (exact) mass is 314 g/mol. The van der Waals surface area contributed by atoms with E-state index in [1.54, 1.807) is 0 Å². The number of piperidine rings is 1. The lowest BCUT2D eigenvalue weighted by atomic mass is 9.91. The van der Waals surface area contributed by atoms with Crippen molar-refractivity contribution in [3.8, 4) is 0 Å². The van der Waals surface area contributed by atoms with E-state index >= 15 is 0 Å². The molecule has 1 fully saturated rings. The Balaban J connectivity index is 2.35. The Kier molecular flexibility index (Phi) is 7.13. The second-order valence-corrected chi connectivity index (χ2v) is 7.68. The van der Waals surface area contributed by atoms with Crippen LogP contribution in [0.3, 0.4) is 0 Å². The van der Waals surface area contributed by atoms with E-state index in [1.165, 1.54) is 0 Å². The molecular weight excluding hydrogens is 280 g/mol. The number of likely N-dealkylation sites (tertiary alicyclic amines) is 1. The Bertz CT molecular complexity index is 346. The molecule has 5 nitrogen and oxygen atoms in total. The van der Waals surface area contributed by atoms with Gasteiger partial charge in [-0.1, -0.05) is 6.92 Å². The number of carbonyl (C=O) groups excluding carboxylic acids is 1. The summed E-state index contributed by atoms with van der Waals surface area (Å²) in [7, 11) is 0. The van der Waals surface area contributed by atoms with Crippen LogP contribution < -0.4 is 5.32 Å². The van der Waals surface area contributed by atoms with Crippen LogP contribution in [0.15, 0.2) is 0 Å². The molecular formula is C17H34N2O3. The van der Waals surface area contributed by atoms with Crippen LogP contribution in [-0.4, -0.2) is 53.5 Å². The van der Waals surface area contributed by atoms with Gasteiger partial charge in [-0.15, -0.1) is 0 Å². The first-order valence-corrected chi connectivity index (χ1v) is 8.53. The van der Waals surface area contributed by atoms with Gasteiger partial charge in [0.1, 0.15) is 5.60 Å². The minimum absolute atomic E-state index is 0.0110. The van der Waals surface area contributed by atoms with Crippen LogP contribution in [0.5, 0.6) is 0 Å². The molecule has 1 aliphatic rings. The third-order valence-corrected chi connectivity index (χ3v) is 4.53. The predicted octanol–water partition coefficient (Wildman–Crippen LogP) is 2.77. The molecule has 0 aromatic rings. The minimum atomic E-state index is -0.428. The van der Waals surface area contributed by atoms with Gasteiger partial charge in [0.15, 0.2) is 0 Å². The van der Waals surface area contributed by atoms with E-state index in [-0.39, 0.29) is 18.2 Å². The fraction of sp³-hybridized carbons (Fsp3) is 0.941. The number of nitrogens with one attached hydrogen (secondary N) is 1. The molecule has 0 saturated carbocycles. The second-order valence-electron chi connectivity index (χ2n) is 7.68. The van der Waals surface area contributed by atoms with Crippen LogP contribution >= 0.6 is 0 Å². The average Bonchev–Trinajstić information content (AvgIpc) is 2.44. The lowest BCUT2D eigenvalue weighted by Gasteiger charge is -2.36. The molecule has 1 aliphatic heterocycles. The zero-order valence-corrected chi connectivity index (χ0v) is 14.9. The Morgan fingerprint density at radius 1 is 1.27 bits per heavy atom. The minimum Gasteiger partial charge on any atom is -0.444 e. The van der Waals surface area contributed by atoms with Gasteiger partial charge in [-0.25, -0.2) is 4.79 Å². The predicted molar refractivity (Wildman–Crippen MR) is 88.9 cm³/mol. The van der Waals surface area contributed by atoms with Crippen molar-refractivity contribution >= 4 is 6.09 Å². The summed E-state index contributed by atoms with van der Waals surface area (Å²) in [6.07, 6.45) is 3.60. The van der Waals surface area contributed by atoms with E-state index < -0.39 is 5.60 Å². The number of carbonyl (C=O) groups is 1. The quantitative estimate of drug-likeness (QED) is 0.791. The zero-order valence-electron chi connectivity index (χ0n) is 14.9. The van der Waals surface area contributed by atoms with Gasteiger partial charge in [0.05, 0.1) is 0 Å². The highest BCUT2D eigenvalue weighted by Crippen LogP contribution is 2.21. The summed E-state index contributed by atoms with van der Waals surface area (Å²) in [5.74, 6) is 0.586. The van der Waals surface area contributed by atoms with Gasteiger partial charge in [0, 0.05) is 25.2 Å². The van der Waals surface area contributed by atoms with Crippen molar-refractivity contribution in [2.75, 3.05) is 26.2 Å². The molecule has 22 heavy (non-hydrogen) atoms. The maximum absolute atomic E-state index is 12.0. The van der Waals surface area contributed by atoms with Gasteiger partial charge in [-0.05, 0) is 65.8 Å². The molecule has 1 amide bonds. The first-order chi connectivity index (χ1) is 10.2. The number of nitrogens with zero attached hydrogens (tertiary/aromatic N) is 1. The fourth-order valence-electron chi connectivity index (χ4n) is 2.67. The van der Waals surface area contributed by atoms with Crippen molar-refractivity contribution in [2.24, 2.45) is 5.92 Å². The molecule has 0 spiro atoms. The smallest absolute Gasteiger partial charge is 0.410 e. The highest BCUT2D eigenvalue weighted by molar-refractivity contribution is 5.68. The Labute approximate surface area is 135 Å². The standard InChI is InChI=1S/C17H34N2O3/c1-6-17(5,9-12-20)18-13-14-7-10-19(11-8-14)15(21)22-16(2,3)4/h14,18,20H,6-13H2,1-5H3. The molecule has 130 valence electrons. The van der Waals surface area contributed by atoms with Crippen LogP contribution in [0.1, 0.15) is 60.3 Å². The summed E-state index contributed by atoms with van der Waals surface area (Å²) in [6.45, 7) is 12.7. The van der Waals surface area contributed by atoms with Crippen molar-refractivity contribution in [1.82, 2.24) is 10.2 Å². The van der Waals surface area contributed by atoms with Crippen molar-refractivity contribution in [1.29, 1.82) is 0 Å². The van der Waals surface area contributed by atoms with E-state index in [0.717, 1.165) is 45.3 Å². The number of ether oxygens (including phenoxy) is 1. The summed E-state index contributed by atoms with van der Waals surface area (Å²) in [6, 6.07) is 0. The summed E-state index contributed by atoms with van der Waals surface area (Å²) in [5.41, 5.74) is -0.417. The van der Waals surface area contributed by atoms with Gasteiger partial charge in [-0.2, -0.15) is 0 Å². The van der Waals surface area contributed by atoms with E-state index in [4.69, 9.17) is 9.84 Å². The van der Waals surface area contributed by atoms with Crippen LogP contribution in [0.2, 0.25) is 0 Å². The molecule has 1 rings (SSSR count). The highest BCUT2D eigenvalue weighted by atomic mass is 16.6. The number of hydrogen-bond donors (Lipinski definition) is 2. The van der Waals surface area contributed by atoms with Gasteiger partial charge in [0.25, 0.3) is 0 Å². The molecule has 0 aliphatic carbocycles. The number of rotatable bonds is 6. The molecule has 0 aromatic carbocycles. The molecule has 1 unspecified atom stereocenters. The summed E-state index contributed by atoms with van der Waals surface area (Å²) >= 11 is 0. The third kappa shape index (κ3) is 6.53. The summed E-state index contributed by atoms with van der Waals surface area (Å²) in [4.78, 5) is 13.8. The van der Waals surface area contributed by atoms with Crippen molar-refractivity contribution < 1.29 is 14.6 Å². The Morgan fingerprint density at radius 2 is 1.86 bits per heavy atom. The zero-order chi connectivity index (χ0) is 16.8. The topological polar surface area (TPSA) is 61.8 Å². The van der Waals surface area contributed by atoms with Gasteiger partial charge >= 0.3 is 6.09 Å². The van der Waals surface area contributed by atoms with E-state index in [0.29, 0.717) is 5.92 Å². The van der Waals surface area contributed by atoms with Gasteiger partial charge in [0.2, 0.25) is 0 Å². The van der Waals surface area contributed by atoms with Crippen LogP contribution in [0.25, 0.3) is 0 Å². The summed E-state index contributed by atoms with van der Waals surface area (Å²) < 4.78 is 5.42. The average molecular weight is 314 g/mol. The first kappa shape index (κ1) is 19.2. The largest absolute Gasteiger partial charge is 0.444 e. The van der Waals surface area contributed by atoms with Crippen molar-refractivity contribution in [3.63, 3.8) is 0 Å². The van der Waals surface area contributed by atoms with E-state index in [2.05, 4.69) is 19.2 Å². The fourth-order valence-corrected chi connectivity index (χ4v) is 2.67. The Hall–Kier alpha value is -0.810. The second kappa shape index (κ2) is 8.16. The number of aliphatic hydroxyl groups excluding tert-OH is 1. The van der Waals surface area contributed by atoms with Gasteiger partial charge in [-0.3, -0.25) is 0 Å². The molecule has 5 heteroatoms. The molecule has 2 N–H and O–H groups in total. The number of hydrogen-bond acceptors (Lipinski definition) is 4.